The third kappa shape index (κ3) is 3.73. The van der Waals surface area contributed by atoms with Crippen LogP contribution in [0.5, 0.6) is 0 Å². The van der Waals surface area contributed by atoms with E-state index in [1.165, 1.54) is 53.3 Å². The Morgan fingerprint density at radius 1 is 1.03 bits per heavy atom. The fourth-order valence-electron chi connectivity index (χ4n) is 3.62. The first-order valence-electron chi connectivity index (χ1n) is 9.24. The van der Waals surface area contributed by atoms with E-state index in [0.717, 1.165) is 0 Å². The lowest BCUT2D eigenvalue weighted by molar-refractivity contribution is -0.272. The average molecular weight is 408 g/mol. The molecule has 0 radical (unpaired) electrons. The minimum absolute atomic E-state index is 0.227. The van der Waals surface area contributed by atoms with Gasteiger partial charge < -0.3 is 10.4 Å². The number of hydrogen-bond acceptors (Lipinski definition) is 4. The number of benzene rings is 2. The Labute approximate surface area is 164 Å². The van der Waals surface area contributed by atoms with Gasteiger partial charge in [0.25, 0.3) is 0 Å². The summed E-state index contributed by atoms with van der Waals surface area (Å²) in [7, 11) is 0. The van der Waals surface area contributed by atoms with Crippen LogP contribution < -0.4 is 5.32 Å². The van der Waals surface area contributed by atoms with Crippen LogP contribution in [0.15, 0.2) is 48.7 Å². The third-order valence-corrected chi connectivity index (χ3v) is 5.25. The molecule has 0 spiro atoms. The number of fused-ring (bicyclic) bond motifs is 1. The van der Waals surface area contributed by atoms with Gasteiger partial charge in [-0.3, -0.25) is 4.90 Å². The van der Waals surface area contributed by atoms with Crippen molar-refractivity contribution in [2.45, 2.75) is 11.8 Å². The van der Waals surface area contributed by atoms with Crippen LogP contribution in [-0.2, 0) is 5.60 Å². The molecule has 1 aliphatic heterocycles. The van der Waals surface area contributed by atoms with Crippen LogP contribution in [0.2, 0.25) is 0 Å². The molecule has 154 valence electrons. The molecule has 2 N–H and O–H groups in total. The summed E-state index contributed by atoms with van der Waals surface area (Å²) in [4.78, 5) is 1.61. The molecule has 0 saturated carbocycles. The summed E-state index contributed by atoms with van der Waals surface area (Å²) in [5.74, 6) is -0.393. The molecular formula is C20H20F4N4O. The molecule has 0 aliphatic carbocycles. The lowest BCUT2D eigenvalue weighted by Crippen LogP contribution is -2.55. The highest BCUT2D eigenvalue weighted by Gasteiger charge is 2.55. The van der Waals surface area contributed by atoms with Crippen LogP contribution in [0.3, 0.4) is 0 Å². The average Bonchev–Trinajstić information content (AvgIpc) is 3.12. The second kappa shape index (κ2) is 7.40. The van der Waals surface area contributed by atoms with Crippen LogP contribution in [0.1, 0.15) is 5.56 Å². The van der Waals surface area contributed by atoms with Crippen molar-refractivity contribution in [1.82, 2.24) is 20.0 Å². The zero-order valence-electron chi connectivity index (χ0n) is 15.5. The molecule has 0 amide bonds. The van der Waals surface area contributed by atoms with Gasteiger partial charge in [-0.15, -0.1) is 0 Å². The van der Waals surface area contributed by atoms with Crippen LogP contribution in [-0.4, -0.2) is 58.7 Å². The number of β-amino-alcohol motifs (C(OH)–C–C–N with tert-alkyl or cyclic N) is 1. The van der Waals surface area contributed by atoms with E-state index in [1.54, 1.807) is 4.90 Å². The van der Waals surface area contributed by atoms with Gasteiger partial charge in [0.15, 0.2) is 5.60 Å². The number of piperazine rings is 1. The van der Waals surface area contributed by atoms with Gasteiger partial charge in [-0.1, -0.05) is 6.07 Å². The van der Waals surface area contributed by atoms with Crippen molar-refractivity contribution in [3.05, 3.63) is 60.0 Å². The van der Waals surface area contributed by atoms with Crippen molar-refractivity contribution in [2.75, 3.05) is 32.7 Å². The maximum absolute atomic E-state index is 13.9. The fourth-order valence-corrected chi connectivity index (χ4v) is 3.62. The first-order chi connectivity index (χ1) is 13.8. The van der Waals surface area contributed by atoms with E-state index in [1.807, 2.05) is 0 Å². The Kier molecular flexibility index (Phi) is 5.05. The standard InChI is InChI=1S/C20H20F4N4O/c21-16-2-4-17(5-3-16)28-18-6-1-15(11-14(18)12-26-28)19(29,20(22,23)24)13-27-9-7-25-8-10-27/h1-6,11-12,25,29H,7-10,13H2. The van der Waals surface area contributed by atoms with Crippen molar-refractivity contribution in [1.29, 1.82) is 0 Å². The van der Waals surface area contributed by atoms with E-state index in [9.17, 15) is 22.7 Å². The van der Waals surface area contributed by atoms with Crippen LogP contribution in [0, 0.1) is 5.82 Å². The van der Waals surface area contributed by atoms with Gasteiger partial charge >= 0.3 is 6.18 Å². The van der Waals surface area contributed by atoms with E-state index in [2.05, 4.69) is 10.4 Å². The second-order valence-corrected chi connectivity index (χ2v) is 7.19. The van der Waals surface area contributed by atoms with Crippen LogP contribution >= 0.6 is 0 Å². The Balaban J connectivity index is 1.72. The summed E-state index contributed by atoms with van der Waals surface area (Å²) in [6.45, 7) is 1.50. The molecule has 1 fully saturated rings. The third-order valence-electron chi connectivity index (χ3n) is 5.25. The van der Waals surface area contributed by atoms with Crippen LogP contribution in [0.25, 0.3) is 16.6 Å². The van der Waals surface area contributed by atoms with Crippen LogP contribution in [0.4, 0.5) is 17.6 Å². The van der Waals surface area contributed by atoms with Gasteiger partial charge in [0.1, 0.15) is 5.82 Å². The molecule has 29 heavy (non-hydrogen) atoms. The molecule has 3 aromatic rings. The van der Waals surface area contributed by atoms with Crippen molar-refractivity contribution in [3.8, 4) is 5.69 Å². The Bertz CT molecular complexity index is 996. The number of aliphatic hydroxyl groups is 1. The molecule has 5 nitrogen and oxygen atoms in total. The first kappa shape index (κ1) is 19.8. The van der Waals surface area contributed by atoms with Gasteiger partial charge in [-0.05, 0) is 42.0 Å². The summed E-state index contributed by atoms with van der Waals surface area (Å²) in [5.41, 5.74) is -2.07. The number of nitrogens with zero attached hydrogens (tertiary/aromatic N) is 3. The quantitative estimate of drug-likeness (QED) is 0.652. The predicted octanol–water partition coefficient (Wildman–Crippen LogP) is 2.82. The molecule has 1 unspecified atom stereocenters. The van der Waals surface area contributed by atoms with Crippen molar-refractivity contribution >= 4 is 10.9 Å². The molecule has 1 saturated heterocycles. The van der Waals surface area contributed by atoms with Gasteiger partial charge in [-0.2, -0.15) is 18.3 Å². The summed E-state index contributed by atoms with van der Waals surface area (Å²) < 4.78 is 56.4. The summed E-state index contributed by atoms with van der Waals surface area (Å²) >= 11 is 0. The molecule has 4 rings (SSSR count). The Hall–Kier alpha value is -2.49. The minimum atomic E-state index is -4.83. The first-order valence-corrected chi connectivity index (χ1v) is 9.24. The van der Waals surface area contributed by atoms with E-state index >= 15 is 0 Å². The molecule has 0 bridgehead atoms. The molecule has 9 heteroatoms. The monoisotopic (exact) mass is 408 g/mol. The Morgan fingerprint density at radius 2 is 1.72 bits per heavy atom. The van der Waals surface area contributed by atoms with E-state index in [-0.39, 0.29) is 5.56 Å². The predicted molar refractivity (Wildman–Crippen MR) is 100 cm³/mol. The molecule has 1 atom stereocenters. The lowest BCUT2D eigenvalue weighted by Gasteiger charge is -2.37. The van der Waals surface area contributed by atoms with Crippen molar-refractivity contribution < 1.29 is 22.7 Å². The number of alkyl halides is 3. The number of rotatable bonds is 4. The van der Waals surface area contributed by atoms with Crippen molar-refractivity contribution in [2.24, 2.45) is 0 Å². The molecule has 1 aliphatic rings. The summed E-state index contributed by atoms with van der Waals surface area (Å²) in [6.07, 6.45) is -3.40. The Morgan fingerprint density at radius 3 is 2.38 bits per heavy atom. The normalized spacial score (nSPS) is 18.1. The molecule has 2 heterocycles. The maximum Gasteiger partial charge on any atom is 0.422 e. The topological polar surface area (TPSA) is 53.3 Å². The van der Waals surface area contributed by atoms with Gasteiger partial charge in [-0.25, -0.2) is 9.07 Å². The highest BCUT2D eigenvalue weighted by molar-refractivity contribution is 5.81. The molecular weight excluding hydrogens is 388 g/mol. The van der Waals surface area contributed by atoms with Gasteiger partial charge in [0, 0.05) is 38.1 Å². The van der Waals surface area contributed by atoms with E-state index < -0.39 is 24.1 Å². The largest absolute Gasteiger partial charge is 0.422 e. The number of hydrogen-bond donors (Lipinski definition) is 2. The molecule has 1 aromatic heterocycles. The van der Waals surface area contributed by atoms with E-state index in [4.69, 9.17) is 0 Å². The highest BCUT2D eigenvalue weighted by atomic mass is 19.4. The van der Waals surface area contributed by atoms with Gasteiger partial charge in [0.2, 0.25) is 0 Å². The number of nitrogens with one attached hydrogen (secondary N) is 1. The van der Waals surface area contributed by atoms with Gasteiger partial charge in [0.05, 0.1) is 17.4 Å². The summed E-state index contributed by atoms with van der Waals surface area (Å²) in [6, 6.07) is 9.73. The fraction of sp³-hybridized carbons (Fsp3) is 0.350. The summed E-state index contributed by atoms with van der Waals surface area (Å²) in [5, 5.41) is 18.5. The number of halogens is 4. The molecule has 2 aromatic carbocycles. The zero-order chi connectivity index (χ0) is 20.6. The van der Waals surface area contributed by atoms with Crippen molar-refractivity contribution in [3.63, 3.8) is 0 Å². The van der Waals surface area contributed by atoms with E-state index in [0.29, 0.717) is 42.8 Å². The lowest BCUT2D eigenvalue weighted by atomic mass is 9.91. The minimum Gasteiger partial charge on any atom is -0.375 e. The zero-order valence-corrected chi connectivity index (χ0v) is 15.5. The second-order valence-electron chi connectivity index (χ2n) is 7.19. The smallest absolute Gasteiger partial charge is 0.375 e. The highest BCUT2D eigenvalue weighted by Crippen LogP contribution is 2.40. The maximum atomic E-state index is 13.9. The number of aromatic nitrogens is 2. The SMILES string of the molecule is OC(CN1CCNCC1)(c1ccc2c(cnn2-c2ccc(F)cc2)c1)C(F)(F)F.